The number of carbonyl (C=O) groups is 3. The molecule has 0 saturated carbocycles. The highest BCUT2D eigenvalue weighted by atomic mass is 32.2. The number of nitrogens with zero attached hydrogens (tertiary/aromatic N) is 2. The average molecular weight is 625 g/mol. The first-order valence-electron chi connectivity index (χ1n) is 12.7. The fourth-order valence-electron chi connectivity index (χ4n) is 4.76. The molecule has 0 bridgehead atoms. The number of primary sulfonamides is 1. The van der Waals surface area contributed by atoms with Crippen LogP contribution in [0.3, 0.4) is 0 Å². The van der Waals surface area contributed by atoms with Gasteiger partial charge in [-0.25, -0.2) is 18.5 Å². The van der Waals surface area contributed by atoms with E-state index >= 15 is 0 Å². The zero-order chi connectivity index (χ0) is 32.7. The number of nitrogen functional groups attached to an aromatic ring is 1. The molecule has 16 heteroatoms. The molecule has 1 heterocycles. The van der Waals surface area contributed by atoms with E-state index in [0.717, 1.165) is 6.07 Å². The van der Waals surface area contributed by atoms with Gasteiger partial charge in [-0.3, -0.25) is 19.8 Å². The molecule has 0 radical (unpaired) electrons. The standard InChI is InChI=1S/C28H28N6O9S/c1-28(2,27(41)34(11-20(35)36)12-21(37)38)17-10-16(26-32-18-7-6-14(25(29)30)9-19(18)33-26)23(39)22(24(17)40)13-4-3-5-15(8-13)44(31,42)43/h3-10,39-40H,11-12H2,1-2H3,(H3,29,30)(H,32,33)(H,35,36)(H,37,38)(H2,31,42,43). The van der Waals surface area contributed by atoms with Crippen LogP contribution in [-0.4, -0.2) is 80.5 Å². The summed E-state index contributed by atoms with van der Waals surface area (Å²) in [6, 6.07) is 10.9. The summed E-state index contributed by atoms with van der Waals surface area (Å²) in [5.74, 6) is -5.33. The Morgan fingerprint density at radius 3 is 2.20 bits per heavy atom. The SMILES string of the molecule is CC(C)(C(=O)N(CC(=O)O)CC(=O)O)c1cc(-c2nc3ccc(C(=N)N)cc3[nH]2)c(O)c(-c2cccc(S(N)(=O)=O)c2)c1O. The van der Waals surface area contributed by atoms with Crippen molar-refractivity contribution < 1.29 is 43.2 Å². The van der Waals surface area contributed by atoms with Crippen molar-refractivity contribution in [2.45, 2.75) is 24.2 Å². The number of carboxylic acids is 2. The van der Waals surface area contributed by atoms with Crippen LogP contribution in [0.2, 0.25) is 0 Å². The van der Waals surface area contributed by atoms with Gasteiger partial charge in [-0.2, -0.15) is 0 Å². The molecule has 1 amide bonds. The smallest absolute Gasteiger partial charge is 0.323 e. The highest BCUT2D eigenvalue weighted by molar-refractivity contribution is 7.89. The first kappa shape index (κ1) is 31.5. The van der Waals surface area contributed by atoms with Crippen LogP contribution in [0.1, 0.15) is 25.0 Å². The summed E-state index contributed by atoms with van der Waals surface area (Å²) >= 11 is 0. The summed E-state index contributed by atoms with van der Waals surface area (Å²) in [7, 11) is -4.22. The molecule has 0 spiro atoms. The summed E-state index contributed by atoms with van der Waals surface area (Å²) < 4.78 is 24.2. The van der Waals surface area contributed by atoms with Crippen molar-refractivity contribution in [2.75, 3.05) is 13.1 Å². The molecule has 0 aliphatic carbocycles. The van der Waals surface area contributed by atoms with Gasteiger partial charge >= 0.3 is 11.9 Å². The first-order valence-corrected chi connectivity index (χ1v) is 14.3. The normalized spacial score (nSPS) is 11.8. The number of nitrogens with two attached hydrogens (primary N) is 2. The number of aliphatic carboxylic acids is 2. The number of phenolic OH excluding ortho intramolecular Hbond substituents is 2. The van der Waals surface area contributed by atoms with Gasteiger partial charge in [0, 0.05) is 11.1 Å². The van der Waals surface area contributed by atoms with E-state index in [0.29, 0.717) is 21.5 Å². The lowest BCUT2D eigenvalue weighted by Gasteiger charge is -2.32. The number of nitrogens with one attached hydrogen (secondary N) is 2. The largest absolute Gasteiger partial charge is 0.507 e. The molecular weight excluding hydrogens is 596 g/mol. The molecule has 0 saturated heterocycles. The summed E-state index contributed by atoms with van der Waals surface area (Å²) in [4.78, 5) is 44.3. The quantitative estimate of drug-likeness (QED) is 0.0925. The number of carboxylic acid groups (broad SMARTS) is 2. The predicted molar refractivity (Wildman–Crippen MR) is 158 cm³/mol. The lowest BCUT2D eigenvalue weighted by Crippen LogP contribution is -2.47. The number of hydrogen-bond donors (Lipinski definition) is 8. The lowest BCUT2D eigenvalue weighted by molar-refractivity contribution is -0.151. The Morgan fingerprint density at radius 2 is 1.64 bits per heavy atom. The second kappa shape index (κ2) is 11.3. The van der Waals surface area contributed by atoms with Crippen molar-refractivity contribution in [1.29, 1.82) is 5.41 Å². The molecule has 0 aliphatic rings. The Morgan fingerprint density at radius 1 is 1.00 bits per heavy atom. The van der Waals surface area contributed by atoms with Gasteiger partial charge in [0.1, 0.15) is 36.2 Å². The van der Waals surface area contributed by atoms with E-state index in [4.69, 9.17) is 16.3 Å². The van der Waals surface area contributed by atoms with Crippen molar-refractivity contribution in [3.05, 3.63) is 59.7 Å². The van der Waals surface area contributed by atoms with Crippen LogP contribution in [0.25, 0.3) is 33.5 Å². The molecular formula is C28H28N6O9S. The number of rotatable bonds is 10. The lowest BCUT2D eigenvalue weighted by atomic mass is 9.79. The van der Waals surface area contributed by atoms with E-state index in [-0.39, 0.29) is 38.8 Å². The number of aromatic nitrogens is 2. The zero-order valence-corrected chi connectivity index (χ0v) is 24.1. The van der Waals surface area contributed by atoms with Crippen LogP contribution in [0.15, 0.2) is 53.4 Å². The number of hydrogen-bond acceptors (Lipinski definition) is 9. The van der Waals surface area contributed by atoms with Crippen LogP contribution in [0, 0.1) is 5.41 Å². The molecule has 0 aliphatic heterocycles. The number of amides is 1. The van der Waals surface area contributed by atoms with Gasteiger partial charge in [0.2, 0.25) is 15.9 Å². The molecule has 4 rings (SSSR count). The highest BCUT2D eigenvalue weighted by Crippen LogP contribution is 2.49. The van der Waals surface area contributed by atoms with Gasteiger partial charge in [0.05, 0.1) is 32.5 Å². The van der Waals surface area contributed by atoms with Crippen molar-refractivity contribution in [1.82, 2.24) is 14.9 Å². The first-order chi connectivity index (χ1) is 20.4. The summed E-state index contributed by atoms with van der Waals surface area (Å²) in [6.07, 6.45) is 0. The Balaban J connectivity index is 2.03. The number of sulfonamides is 1. The number of aromatic hydroxyl groups is 2. The Hall–Kier alpha value is -5.48. The number of amidine groups is 1. The summed E-state index contributed by atoms with van der Waals surface area (Å²) in [6.45, 7) is 0.742. The maximum Gasteiger partial charge on any atom is 0.323 e. The number of imidazole rings is 1. The second-order valence-electron chi connectivity index (χ2n) is 10.4. The number of aromatic amines is 1. The van der Waals surface area contributed by atoms with Crippen LogP contribution in [-0.2, 0) is 29.8 Å². The second-order valence-corrected chi connectivity index (χ2v) is 12.0. The fourth-order valence-corrected chi connectivity index (χ4v) is 5.32. The van der Waals surface area contributed by atoms with E-state index in [2.05, 4.69) is 9.97 Å². The van der Waals surface area contributed by atoms with Crippen LogP contribution >= 0.6 is 0 Å². The Kier molecular flexibility index (Phi) is 8.08. The van der Waals surface area contributed by atoms with E-state index in [1.807, 2.05) is 0 Å². The number of benzene rings is 3. The summed E-state index contributed by atoms with van der Waals surface area (Å²) in [5, 5.41) is 54.7. The third kappa shape index (κ3) is 6.02. The average Bonchev–Trinajstić information content (AvgIpc) is 3.34. The van der Waals surface area contributed by atoms with Crippen molar-refractivity contribution in [2.24, 2.45) is 10.9 Å². The number of fused-ring (bicyclic) bond motifs is 1. The Labute approximate surface area is 249 Å². The molecule has 0 atom stereocenters. The number of H-pyrrole nitrogens is 1. The summed E-state index contributed by atoms with van der Waals surface area (Å²) in [5.41, 5.74) is 4.44. The van der Waals surface area contributed by atoms with Crippen molar-refractivity contribution >= 4 is 44.7 Å². The third-order valence-corrected chi connectivity index (χ3v) is 7.83. The van der Waals surface area contributed by atoms with Gasteiger partial charge in [0.15, 0.2) is 0 Å². The topological polar surface area (TPSA) is 274 Å². The van der Waals surface area contributed by atoms with E-state index in [1.165, 1.54) is 38.1 Å². The van der Waals surface area contributed by atoms with Crippen molar-refractivity contribution in [3.8, 4) is 34.0 Å². The molecule has 1 aromatic heterocycles. The van der Waals surface area contributed by atoms with Gasteiger partial charge in [0.25, 0.3) is 0 Å². The third-order valence-electron chi connectivity index (χ3n) is 6.92. The molecule has 0 fully saturated rings. The monoisotopic (exact) mass is 624 g/mol. The van der Waals surface area contributed by atoms with E-state index in [9.17, 15) is 43.2 Å². The van der Waals surface area contributed by atoms with E-state index in [1.54, 1.807) is 18.2 Å². The number of carbonyl (C=O) groups excluding carboxylic acids is 1. The maximum absolute atomic E-state index is 13.7. The van der Waals surface area contributed by atoms with Gasteiger partial charge in [-0.05, 0) is 55.8 Å². The highest BCUT2D eigenvalue weighted by Gasteiger charge is 2.39. The van der Waals surface area contributed by atoms with Crippen molar-refractivity contribution in [3.63, 3.8) is 0 Å². The fraction of sp³-hybridized carbons (Fsp3) is 0.179. The minimum Gasteiger partial charge on any atom is -0.507 e. The predicted octanol–water partition coefficient (Wildman–Crippen LogP) is 1.51. The van der Waals surface area contributed by atoms with Crippen LogP contribution < -0.4 is 10.9 Å². The van der Waals surface area contributed by atoms with Gasteiger partial charge < -0.3 is 36.0 Å². The van der Waals surface area contributed by atoms with Crippen LogP contribution in [0.5, 0.6) is 11.5 Å². The molecule has 10 N–H and O–H groups in total. The Bertz CT molecular complexity index is 1950. The van der Waals surface area contributed by atoms with Gasteiger partial charge in [-0.1, -0.05) is 12.1 Å². The maximum atomic E-state index is 13.7. The molecule has 4 aromatic rings. The molecule has 230 valence electrons. The van der Waals surface area contributed by atoms with E-state index < -0.39 is 57.9 Å². The van der Waals surface area contributed by atoms with Crippen LogP contribution in [0.4, 0.5) is 0 Å². The molecule has 0 unspecified atom stereocenters. The minimum atomic E-state index is -4.22. The van der Waals surface area contributed by atoms with Gasteiger partial charge in [-0.15, -0.1) is 0 Å². The molecule has 3 aromatic carbocycles. The minimum absolute atomic E-state index is 0.0132. The number of phenols is 2. The molecule has 44 heavy (non-hydrogen) atoms. The molecule has 15 nitrogen and oxygen atoms in total. The zero-order valence-electron chi connectivity index (χ0n) is 23.3.